The molecule has 4 heterocycles. The molecule has 1 fully saturated rings. The molecule has 5 rings (SSSR count). The summed E-state index contributed by atoms with van der Waals surface area (Å²) in [5, 5.41) is 4.00. The molecule has 0 spiro atoms. The summed E-state index contributed by atoms with van der Waals surface area (Å²) in [6, 6.07) is 16.9. The highest BCUT2D eigenvalue weighted by atomic mass is 32.2. The molecular formula is C28H30N6O3S2. The van der Waals surface area contributed by atoms with Crippen molar-refractivity contribution in [1.82, 2.24) is 19.9 Å². The van der Waals surface area contributed by atoms with Crippen LogP contribution in [0.15, 0.2) is 73.2 Å². The number of pyridine rings is 2. The minimum atomic E-state index is -3.54. The molecule has 1 aliphatic rings. The predicted molar refractivity (Wildman–Crippen MR) is 157 cm³/mol. The van der Waals surface area contributed by atoms with Crippen LogP contribution in [0.4, 0.5) is 11.4 Å². The molecule has 1 saturated heterocycles. The van der Waals surface area contributed by atoms with Crippen molar-refractivity contribution in [1.29, 1.82) is 0 Å². The minimum Gasteiger partial charge on any atom is -0.495 e. The number of sulfonamides is 1. The van der Waals surface area contributed by atoms with Gasteiger partial charge in [0.2, 0.25) is 10.0 Å². The molecule has 39 heavy (non-hydrogen) atoms. The number of nitrogens with zero attached hydrogens (tertiary/aromatic N) is 4. The fraction of sp³-hybridized carbons (Fsp3) is 0.250. The molecule has 202 valence electrons. The van der Waals surface area contributed by atoms with E-state index in [2.05, 4.69) is 44.5 Å². The lowest BCUT2D eigenvalue weighted by molar-refractivity contribution is 0.417. The van der Waals surface area contributed by atoms with Crippen molar-refractivity contribution in [3.05, 3.63) is 101 Å². The number of nitrogens with one attached hydrogen (secondary N) is 2. The minimum absolute atomic E-state index is 0.234. The average molecular weight is 563 g/mol. The normalized spacial score (nSPS) is 17.2. The second-order valence-corrected chi connectivity index (χ2v) is 11.7. The summed E-state index contributed by atoms with van der Waals surface area (Å²) in [7, 11) is -2.03. The van der Waals surface area contributed by atoms with Crippen molar-refractivity contribution in [2.45, 2.75) is 32.5 Å². The van der Waals surface area contributed by atoms with E-state index in [1.807, 2.05) is 41.3 Å². The van der Waals surface area contributed by atoms with Gasteiger partial charge in [-0.2, -0.15) is 0 Å². The summed E-state index contributed by atoms with van der Waals surface area (Å²) >= 11 is 5.88. The Labute approximate surface area is 233 Å². The van der Waals surface area contributed by atoms with E-state index < -0.39 is 10.0 Å². The first-order valence-corrected chi connectivity index (χ1v) is 14.7. The molecular weight excluding hydrogens is 532 g/mol. The van der Waals surface area contributed by atoms with E-state index in [0.717, 1.165) is 40.2 Å². The Morgan fingerprint density at radius 1 is 1.08 bits per heavy atom. The van der Waals surface area contributed by atoms with Crippen LogP contribution in [0.2, 0.25) is 0 Å². The number of rotatable bonds is 8. The van der Waals surface area contributed by atoms with Gasteiger partial charge in [-0.25, -0.2) is 8.42 Å². The molecule has 0 aliphatic carbocycles. The van der Waals surface area contributed by atoms with Crippen LogP contribution in [0.5, 0.6) is 5.75 Å². The number of ether oxygens (including phenoxy) is 1. The zero-order valence-electron chi connectivity index (χ0n) is 22.1. The molecule has 3 aromatic heterocycles. The van der Waals surface area contributed by atoms with Crippen LogP contribution in [0.3, 0.4) is 0 Å². The lowest BCUT2D eigenvalue weighted by Crippen LogP contribution is -2.29. The topological polar surface area (TPSA) is 101 Å². The highest BCUT2D eigenvalue weighted by Gasteiger charge is 2.42. The highest BCUT2D eigenvalue weighted by molar-refractivity contribution is 7.92. The first-order chi connectivity index (χ1) is 18.7. The number of hydrogen-bond acceptors (Lipinski definition) is 6. The number of aromatic nitrogens is 3. The smallest absolute Gasteiger partial charge is 0.229 e. The Hall–Kier alpha value is -3.96. The van der Waals surface area contributed by atoms with Gasteiger partial charge in [-0.05, 0) is 85.7 Å². The third-order valence-electron chi connectivity index (χ3n) is 6.88. The van der Waals surface area contributed by atoms with Crippen LogP contribution in [0.1, 0.15) is 40.3 Å². The van der Waals surface area contributed by atoms with Crippen LogP contribution >= 0.6 is 12.2 Å². The van der Waals surface area contributed by atoms with Crippen LogP contribution in [-0.4, -0.2) is 41.4 Å². The molecule has 9 nitrogen and oxygen atoms in total. The second kappa shape index (κ2) is 10.7. The van der Waals surface area contributed by atoms with Crippen molar-refractivity contribution in [3.8, 4) is 5.75 Å². The quantitative estimate of drug-likeness (QED) is 0.303. The Bertz CT molecular complexity index is 1610. The van der Waals surface area contributed by atoms with E-state index in [0.29, 0.717) is 23.1 Å². The van der Waals surface area contributed by atoms with Gasteiger partial charge < -0.3 is 19.5 Å². The molecule has 4 aromatic rings. The van der Waals surface area contributed by atoms with Gasteiger partial charge in [0, 0.05) is 42.2 Å². The van der Waals surface area contributed by atoms with Gasteiger partial charge in [-0.1, -0.05) is 6.07 Å². The van der Waals surface area contributed by atoms with Gasteiger partial charge >= 0.3 is 0 Å². The number of anilines is 2. The molecule has 1 aliphatic heterocycles. The van der Waals surface area contributed by atoms with E-state index in [-0.39, 0.29) is 12.1 Å². The van der Waals surface area contributed by atoms with Crippen LogP contribution < -0.4 is 19.7 Å². The summed E-state index contributed by atoms with van der Waals surface area (Å²) in [6.45, 7) is 4.92. The Morgan fingerprint density at radius 2 is 1.85 bits per heavy atom. The van der Waals surface area contributed by atoms with Crippen LogP contribution in [0, 0.1) is 13.8 Å². The van der Waals surface area contributed by atoms with E-state index in [9.17, 15) is 8.42 Å². The SMILES string of the molecule is COc1ccc(N2C(=S)N[C@@H](c3ccccn3)[C@@H]2c2cc(C)n(Cc3ccncc3)c2C)cc1NS(C)(=O)=O. The highest BCUT2D eigenvalue weighted by Crippen LogP contribution is 2.44. The molecule has 0 radical (unpaired) electrons. The summed E-state index contributed by atoms with van der Waals surface area (Å²) in [5.41, 5.74) is 6.39. The summed E-state index contributed by atoms with van der Waals surface area (Å²) in [6.07, 6.45) is 6.48. The number of methoxy groups -OCH3 is 1. The molecule has 1 aromatic carbocycles. The summed E-state index contributed by atoms with van der Waals surface area (Å²) in [4.78, 5) is 10.8. The number of benzene rings is 1. The third kappa shape index (κ3) is 5.45. The maximum atomic E-state index is 12.1. The van der Waals surface area contributed by atoms with E-state index in [1.165, 1.54) is 7.11 Å². The van der Waals surface area contributed by atoms with Crippen molar-refractivity contribution in [2.24, 2.45) is 0 Å². The zero-order valence-corrected chi connectivity index (χ0v) is 23.8. The fourth-order valence-electron chi connectivity index (χ4n) is 5.12. The van der Waals surface area contributed by atoms with Crippen molar-refractivity contribution < 1.29 is 13.2 Å². The molecule has 2 N–H and O–H groups in total. The Kier molecular flexibility index (Phi) is 7.28. The number of aryl methyl sites for hydroxylation is 1. The van der Waals surface area contributed by atoms with Crippen LogP contribution in [-0.2, 0) is 16.6 Å². The van der Waals surface area contributed by atoms with Crippen molar-refractivity contribution in [3.63, 3.8) is 0 Å². The molecule has 11 heteroatoms. The van der Waals surface area contributed by atoms with Crippen LogP contribution in [0.25, 0.3) is 0 Å². The standard InChI is InChI=1S/C28H30N6O3S2/c1-18-15-22(19(2)33(18)17-20-10-13-29-14-11-20)27-26(23-7-5-6-12-30-23)31-28(38)34(27)21-8-9-25(37-3)24(16-21)32-39(4,35)36/h5-16,26-27,32H,17H2,1-4H3,(H,31,38)/t26-,27-/m0/s1. The van der Waals surface area contributed by atoms with E-state index >= 15 is 0 Å². The Balaban J connectivity index is 1.64. The van der Waals surface area contributed by atoms with Gasteiger partial charge in [0.05, 0.1) is 36.8 Å². The first-order valence-electron chi connectivity index (χ1n) is 12.4. The first kappa shape index (κ1) is 26.6. The van der Waals surface area contributed by atoms with Gasteiger partial charge in [-0.3, -0.25) is 14.7 Å². The zero-order chi connectivity index (χ0) is 27.7. The molecule has 0 amide bonds. The summed E-state index contributed by atoms with van der Waals surface area (Å²) < 4.78 is 34.4. The monoisotopic (exact) mass is 562 g/mol. The molecule has 0 saturated carbocycles. The maximum Gasteiger partial charge on any atom is 0.229 e. The lowest BCUT2D eigenvalue weighted by Gasteiger charge is -2.29. The van der Waals surface area contributed by atoms with Crippen molar-refractivity contribution >= 4 is 38.7 Å². The Morgan fingerprint density at radius 3 is 2.51 bits per heavy atom. The molecule has 0 unspecified atom stereocenters. The average Bonchev–Trinajstić information content (AvgIpc) is 3.39. The number of hydrogen-bond donors (Lipinski definition) is 2. The second-order valence-electron chi connectivity index (χ2n) is 9.52. The van der Waals surface area contributed by atoms with E-state index in [1.54, 1.807) is 30.7 Å². The van der Waals surface area contributed by atoms with Gasteiger partial charge in [0.1, 0.15) is 5.75 Å². The van der Waals surface area contributed by atoms with E-state index in [4.69, 9.17) is 17.0 Å². The predicted octanol–water partition coefficient (Wildman–Crippen LogP) is 4.50. The van der Waals surface area contributed by atoms with Gasteiger partial charge in [0.25, 0.3) is 0 Å². The molecule has 2 atom stereocenters. The lowest BCUT2D eigenvalue weighted by atomic mass is 9.96. The van der Waals surface area contributed by atoms with Gasteiger partial charge in [0.15, 0.2) is 5.11 Å². The maximum absolute atomic E-state index is 12.1. The fourth-order valence-corrected chi connectivity index (χ4v) is 6.02. The van der Waals surface area contributed by atoms with Crippen molar-refractivity contribution in [2.75, 3.05) is 23.0 Å². The number of thiocarbonyl (C=S) groups is 1. The third-order valence-corrected chi connectivity index (χ3v) is 7.78. The summed E-state index contributed by atoms with van der Waals surface area (Å²) in [5.74, 6) is 0.413. The largest absolute Gasteiger partial charge is 0.495 e. The van der Waals surface area contributed by atoms with Gasteiger partial charge in [-0.15, -0.1) is 0 Å². The molecule has 0 bridgehead atoms.